The first-order valence-corrected chi connectivity index (χ1v) is 7.60. The minimum absolute atomic E-state index is 0.106. The average Bonchev–Trinajstić information content (AvgIpc) is 2.95. The maximum Gasteiger partial charge on any atom is 0.406 e. The maximum absolute atomic E-state index is 11.1. The maximum atomic E-state index is 11.1. The number of ether oxygens (including phenoxy) is 1. The van der Waals surface area contributed by atoms with E-state index in [0.717, 1.165) is 22.0 Å². The number of hydrogen-bond acceptors (Lipinski definition) is 5. The van der Waals surface area contributed by atoms with Crippen LogP contribution in [0.5, 0.6) is 0 Å². The van der Waals surface area contributed by atoms with Crippen LogP contribution in [0, 0.1) is 0 Å². The van der Waals surface area contributed by atoms with Gasteiger partial charge in [0, 0.05) is 36.5 Å². The van der Waals surface area contributed by atoms with E-state index in [4.69, 9.17) is 0 Å². The van der Waals surface area contributed by atoms with Crippen molar-refractivity contribution in [2.24, 2.45) is 0 Å². The van der Waals surface area contributed by atoms with Crippen LogP contribution in [0.3, 0.4) is 0 Å². The number of amides is 2. The molecule has 2 aromatic rings. The summed E-state index contributed by atoms with van der Waals surface area (Å²) in [5.41, 5.74) is 2.60. The number of carbonyl (C=O) groups is 2. The molecule has 2 rings (SSSR count). The van der Waals surface area contributed by atoms with Crippen molar-refractivity contribution in [1.82, 2.24) is 10.3 Å². The molecule has 7 heteroatoms. The second kappa shape index (κ2) is 7.56. The van der Waals surface area contributed by atoms with Gasteiger partial charge in [0.2, 0.25) is 5.91 Å². The number of thiazole rings is 1. The largest absolute Gasteiger partial charge is 0.453 e. The molecule has 0 saturated carbocycles. The Morgan fingerprint density at radius 1 is 1.36 bits per heavy atom. The third kappa shape index (κ3) is 4.56. The van der Waals surface area contributed by atoms with Crippen LogP contribution >= 0.6 is 11.3 Å². The molecule has 0 bridgehead atoms. The minimum Gasteiger partial charge on any atom is -0.453 e. The third-order valence-corrected chi connectivity index (χ3v) is 3.76. The van der Waals surface area contributed by atoms with Crippen molar-refractivity contribution in [3.8, 4) is 10.6 Å². The molecule has 0 fully saturated rings. The van der Waals surface area contributed by atoms with E-state index in [9.17, 15) is 9.59 Å². The fourth-order valence-electron chi connectivity index (χ4n) is 1.85. The van der Waals surface area contributed by atoms with Crippen LogP contribution in [-0.4, -0.2) is 30.6 Å². The Bertz CT molecular complexity index is 670. The van der Waals surface area contributed by atoms with Gasteiger partial charge in [-0.05, 0) is 12.1 Å². The van der Waals surface area contributed by atoms with Crippen LogP contribution in [0.15, 0.2) is 29.6 Å². The van der Waals surface area contributed by atoms with E-state index in [1.165, 1.54) is 25.4 Å². The lowest BCUT2D eigenvalue weighted by Crippen LogP contribution is -2.25. The lowest BCUT2D eigenvalue weighted by Gasteiger charge is -2.03. The van der Waals surface area contributed by atoms with Crippen LogP contribution in [0.1, 0.15) is 12.6 Å². The van der Waals surface area contributed by atoms with Gasteiger partial charge >= 0.3 is 6.09 Å². The number of rotatable bonds is 5. The molecule has 0 radical (unpaired) electrons. The molecule has 0 atom stereocenters. The van der Waals surface area contributed by atoms with Crippen molar-refractivity contribution in [2.45, 2.75) is 13.3 Å². The molecule has 6 nitrogen and oxygen atoms in total. The second-order valence-electron chi connectivity index (χ2n) is 4.57. The number of nitrogens with one attached hydrogen (secondary N) is 2. The smallest absolute Gasteiger partial charge is 0.406 e. The quantitative estimate of drug-likeness (QED) is 0.888. The first-order valence-electron chi connectivity index (χ1n) is 6.72. The van der Waals surface area contributed by atoms with Gasteiger partial charge in [-0.1, -0.05) is 12.1 Å². The molecule has 0 spiro atoms. The van der Waals surface area contributed by atoms with E-state index in [2.05, 4.69) is 20.4 Å². The summed E-state index contributed by atoms with van der Waals surface area (Å²) in [5.74, 6) is -0.106. The summed E-state index contributed by atoms with van der Waals surface area (Å²) in [4.78, 5) is 26.6. The molecule has 1 aromatic heterocycles. The minimum atomic E-state index is -0.446. The molecule has 1 aromatic carbocycles. The number of anilines is 1. The number of alkyl carbamates (subject to hydrolysis) is 1. The summed E-state index contributed by atoms with van der Waals surface area (Å²) in [6, 6.07) is 7.54. The number of benzene rings is 1. The Balaban J connectivity index is 2.01. The van der Waals surface area contributed by atoms with Gasteiger partial charge < -0.3 is 15.4 Å². The van der Waals surface area contributed by atoms with Gasteiger partial charge in [-0.25, -0.2) is 9.78 Å². The predicted molar refractivity (Wildman–Crippen MR) is 86.0 cm³/mol. The van der Waals surface area contributed by atoms with Crippen molar-refractivity contribution in [1.29, 1.82) is 0 Å². The van der Waals surface area contributed by atoms with Gasteiger partial charge in [-0.2, -0.15) is 0 Å². The van der Waals surface area contributed by atoms with Gasteiger partial charge in [-0.15, -0.1) is 11.3 Å². The zero-order valence-electron chi connectivity index (χ0n) is 12.4. The standard InChI is InChI=1S/C15H17N3O3S/c1-10(19)17-12-5-3-4-11(8-12)14-18-13(9-22-14)6-7-16-15(20)21-2/h3-5,8-9H,6-7H2,1-2H3,(H,16,20)(H,17,19). The van der Waals surface area contributed by atoms with E-state index in [1.807, 2.05) is 29.6 Å². The molecule has 116 valence electrons. The van der Waals surface area contributed by atoms with Crippen molar-refractivity contribution >= 4 is 29.0 Å². The van der Waals surface area contributed by atoms with Crippen molar-refractivity contribution in [3.05, 3.63) is 35.3 Å². The molecule has 22 heavy (non-hydrogen) atoms. The topological polar surface area (TPSA) is 80.3 Å². The molecule has 0 aliphatic carbocycles. The molecule has 0 saturated heterocycles. The Hall–Kier alpha value is -2.41. The number of hydrogen-bond donors (Lipinski definition) is 2. The lowest BCUT2D eigenvalue weighted by atomic mass is 10.2. The molecule has 0 aliphatic heterocycles. The van der Waals surface area contributed by atoms with Crippen molar-refractivity contribution in [3.63, 3.8) is 0 Å². The fraction of sp³-hybridized carbons (Fsp3) is 0.267. The molecule has 0 unspecified atom stereocenters. The van der Waals surface area contributed by atoms with Gasteiger partial charge in [0.15, 0.2) is 0 Å². The number of carbonyl (C=O) groups excluding carboxylic acids is 2. The van der Waals surface area contributed by atoms with E-state index >= 15 is 0 Å². The Morgan fingerprint density at radius 2 is 2.18 bits per heavy atom. The van der Waals surface area contributed by atoms with Crippen LogP contribution < -0.4 is 10.6 Å². The lowest BCUT2D eigenvalue weighted by molar-refractivity contribution is -0.114. The molecule has 2 N–H and O–H groups in total. The van der Waals surface area contributed by atoms with Gasteiger partial charge in [0.25, 0.3) is 0 Å². The average molecular weight is 319 g/mol. The first kappa shape index (κ1) is 16.0. The highest BCUT2D eigenvalue weighted by Crippen LogP contribution is 2.26. The highest BCUT2D eigenvalue weighted by molar-refractivity contribution is 7.13. The summed E-state index contributed by atoms with van der Waals surface area (Å²) in [6.07, 6.45) is 0.190. The van der Waals surface area contributed by atoms with Gasteiger partial charge in [0.1, 0.15) is 5.01 Å². The zero-order chi connectivity index (χ0) is 15.9. The summed E-state index contributed by atoms with van der Waals surface area (Å²) < 4.78 is 4.51. The summed E-state index contributed by atoms with van der Waals surface area (Å²) in [5, 5.41) is 8.20. The Kier molecular flexibility index (Phi) is 5.48. The van der Waals surface area contributed by atoms with Gasteiger partial charge in [-0.3, -0.25) is 4.79 Å². The van der Waals surface area contributed by atoms with Crippen LogP contribution in [0.2, 0.25) is 0 Å². The molecular formula is C15H17N3O3S. The fourth-order valence-corrected chi connectivity index (χ4v) is 2.70. The number of aromatic nitrogens is 1. The van der Waals surface area contributed by atoms with Gasteiger partial charge in [0.05, 0.1) is 12.8 Å². The molecular weight excluding hydrogens is 302 g/mol. The monoisotopic (exact) mass is 319 g/mol. The van der Waals surface area contributed by atoms with E-state index < -0.39 is 6.09 Å². The third-order valence-electron chi connectivity index (χ3n) is 2.82. The summed E-state index contributed by atoms with van der Waals surface area (Å²) in [6.45, 7) is 1.95. The number of nitrogens with zero attached hydrogens (tertiary/aromatic N) is 1. The summed E-state index contributed by atoms with van der Waals surface area (Å²) in [7, 11) is 1.33. The zero-order valence-corrected chi connectivity index (χ0v) is 13.2. The molecule has 0 aliphatic rings. The Morgan fingerprint density at radius 3 is 2.91 bits per heavy atom. The van der Waals surface area contributed by atoms with Crippen molar-refractivity contribution < 1.29 is 14.3 Å². The second-order valence-corrected chi connectivity index (χ2v) is 5.43. The SMILES string of the molecule is COC(=O)NCCc1csc(-c2cccc(NC(C)=O)c2)n1. The summed E-state index contributed by atoms with van der Waals surface area (Å²) >= 11 is 1.53. The van der Waals surface area contributed by atoms with Crippen LogP contribution in [0.25, 0.3) is 10.6 Å². The van der Waals surface area contributed by atoms with E-state index in [0.29, 0.717) is 13.0 Å². The molecule has 2 amide bonds. The normalized spacial score (nSPS) is 10.1. The molecule has 1 heterocycles. The Labute approximate surface area is 132 Å². The van der Waals surface area contributed by atoms with Crippen LogP contribution in [0.4, 0.5) is 10.5 Å². The van der Waals surface area contributed by atoms with Crippen molar-refractivity contribution in [2.75, 3.05) is 19.0 Å². The number of methoxy groups -OCH3 is 1. The first-order chi connectivity index (χ1) is 10.6. The van der Waals surface area contributed by atoms with E-state index in [-0.39, 0.29) is 5.91 Å². The van der Waals surface area contributed by atoms with Crippen LogP contribution in [-0.2, 0) is 16.0 Å². The van der Waals surface area contributed by atoms with E-state index in [1.54, 1.807) is 0 Å². The highest BCUT2D eigenvalue weighted by Gasteiger charge is 2.07. The predicted octanol–water partition coefficient (Wildman–Crippen LogP) is 2.67. The highest BCUT2D eigenvalue weighted by atomic mass is 32.1.